The predicted octanol–water partition coefficient (Wildman–Crippen LogP) is 4.99. The number of imidazole rings is 1. The third-order valence-electron chi connectivity index (χ3n) is 4.80. The number of para-hydroxylation sites is 3. The highest BCUT2D eigenvalue weighted by Crippen LogP contribution is 2.21. The Kier molecular flexibility index (Phi) is 5.89. The van der Waals surface area contributed by atoms with Crippen LogP contribution >= 0.6 is 0 Å². The van der Waals surface area contributed by atoms with E-state index in [9.17, 15) is 10.1 Å². The molecule has 1 aromatic heterocycles. The monoisotopic (exact) mass is 415 g/mol. The molecule has 0 aliphatic rings. The smallest absolute Gasteiger partial charge is 0.269 e. The van der Waals surface area contributed by atoms with Crippen molar-refractivity contribution in [2.24, 2.45) is 5.10 Å². The summed E-state index contributed by atoms with van der Waals surface area (Å²) in [6.45, 7) is 3.12. The van der Waals surface area contributed by atoms with E-state index in [1.165, 1.54) is 12.1 Å². The summed E-state index contributed by atoms with van der Waals surface area (Å²) in [5, 5.41) is 15.1. The van der Waals surface area contributed by atoms with E-state index < -0.39 is 4.92 Å². The maximum absolute atomic E-state index is 10.8. The van der Waals surface area contributed by atoms with Crippen molar-refractivity contribution in [3.8, 4) is 5.75 Å². The van der Waals surface area contributed by atoms with Crippen LogP contribution in [-0.2, 0) is 13.2 Å². The quantitative estimate of drug-likeness (QED) is 0.249. The molecule has 1 N–H and O–H groups in total. The summed E-state index contributed by atoms with van der Waals surface area (Å²) in [6.07, 6.45) is 1.69. The fraction of sp³-hybridized carbons (Fsp3) is 0.130. The molecule has 0 amide bonds. The summed E-state index contributed by atoms with van der Waals surface area (Å²) in [6, 6.07) is 21.8. The van der Waals surface area contributed by atoms with Gasteiger partial charge in [-0.2, -0.15) is 5.10 Å². The molecule has 0 saturated carbocycles. The fourth-order valence-corrected chi connectivity index (χ4v) is 3.23. The number of anilines is 1. The Hall–Kier alpha value is -4.20. The van der Waals surface area contributed by atoms with Crippen molar-refractivity contribution < 1.29 is 9.66 Å². The Morgan fingerprint density at radius 3 is 2.61 bits per heavy atom. The first-order chi connectivity index (χ1) is 15.2. The first-order valence-corrected chi connectivity index (χ1v) is 9.85. The number of nitro benzene ring substituents is 1. The topological polar surface area (TPSA) is 94.6 Å². The Morgan fingerprint density at radius 2 is 1.84 bits per heavy atom. The van der Waals surface area contributed by atoms with Gasteiger partial charge in [0, 0.05) is 24.2 Å². The summed E-state index contributed by atoms with van der Waals surface area (Å²) in [4.78, 5) is 14.9. The van der Waals surface area contributed by atoms with Crippen LogP contribution in [0.15, 0.2) is 77.9 Å². The molecule has 0 radical (unpaired) electrons. The third kappa shape index (κ3) is 4.53. The number of non-ortho nitro benzene ring substituents is 1. The van der Waals surface area contributed by atoms with Crippen molar-refractivity contribution in [1.82, 2.24) is 9.55 Å². The summed E-state index contributed by atoms with van der Waals surface area (Å²) in [5.74, 6) is 1.33. The van der Waals surface area contributed by atoms with Gasteiger partial charge in [-0.3, -0.25) is 10.1 Å². The lowest BCUT2D eigenvalue weighted by Crippen LogP contribution is -2.02. The molecule has 0 unspecified atom stereocenters. The SMILES string of the molecule is CCn1c(N/N=C\c2ccccc2OCc2ccc([N+](=O)[O-])cc2)nc2ccccc21. The zero-order chi connectivity index (χ0) is 21.6. The lowest BCUT2D eigenvalue weighted by molar-refractivity contribution is -0.384. The van der Waals surface area contributed by atoms with Gasteiger partial charge in [-0.1, -0.05) is 24.3 Å². The zero-order valence-electron chi connectivity index (χ0n) is 16.9. The second-order valence-corrected chi connectivity index (χ2v) is 6.79. The highest BCUT2D eigenvalue weighted by molar-refractivity contribution is 5.84. The van der Waals surface area contributed by atoms with Crippen molar-refractivity contribution in [1.29, 1.82) is 0 Å². The van der Waals surface area contributed by atoms with E-state index in [0.717, 1.165) is 28.7 Å². The fourth-order valence-electron chi connectivity index (χ4n) is 3.23. The second kappa shape index (κ2) is 9.08. The van der Waals surface area contributed by atoms with Gasteiger partial charge < -0.3 is 9.30 Å². The molecule has 0 saturated heterocycles. The number of aryl methyl sites for hydroxylation is 1. The number of hydrogen-bond donors (Lipinski definition) is 1. The summed E-state index contributed by atoms with van der Waals surface area (Å²) in [5.41, 5.74) is 6.68. The van der Waals surface area contributed by atoms with Gasteiger partial charge in [0.1, 0.15) is 12.4 Å². The first-order valence-electron chi connectivity index (χ1n) is 9.85. The Bertz CT molecular complexity index is 1230. The highest BCUT2D eigenvalue weighted by atomic mass is 16.6. The van der Waals surface area contributed by atoms with E-state index in [2.05, 4.69) is 27.0 Å². The van der Waals surface area contributed by atoms with Crippen LogP contribution in [0.25, 0.3) is 11.0 Å². The minimum absolute atomic E-state index is 0.0560. The lowest BCUT2D eigenvalue weighted by atomic mass is 10.2. The molecule has 156 valence electrons. The number of rotatable bonds is 8. The van der Waals surface area contributed by atoms with Gasteiger partial charge in [0.2, 0.25) is 5.95 Å². The predicted molar refractivity (Wildman–Crippen MR) is 120 cm³/mol. The van der Waals surface area contributed by atoms with Crippen LogP contribution < -0.4 is 10.2 Å². The minimum atomic E-state index is -0.420. The molecule has 1 heterocycles. The van der Waals surface area contributed by atoms with Gasteiger partial charge in [0.05, 0.1) is 22.2 Å². The van der Waals surface area contributed by atoms with Crippen LogP contribution in [0.5, 0.6) is 5.75 Å². The number of fused-ring (bicyclic) bond motifs is 1. The van der Waals surface area contributed by atoms with Crippen LogP contribution in [0.4, 0.5) is 11.6 Å². The molecular weight excluding hydrogens is 394 g/mol. The standard InChI is InChI=1S/C23H21N5O3/c1-2-27-21-9-5-4-8-20(21)25-23(27)26-24-15-18-7-3-6-10-22(18)31-16-17-11-13-19(14-12-17)28(29)30/h3-15H,2,16H2,1H3,(H,25,26)/b24-15-. The van der Waals surface area contributed by atoms with Gasteiger partial charge >= 0.3 is 0 Å². The molecule has 4 aromatic rings. The third-order valence-corrected chi connectivity index (χ3v) is 4.80. The van der Waals surface area contributed by atoms with Gasteiger partial charge in [-0.25, -0.2) is 10.4 Å². The molecule has 0 bridgehead atoms. The number of hydrogen-bond acceptors (Lipinski definition) is 6. The maximum atomic E-state index is 10.8. The molecule has 31 heavy (non-hydrogen) atoms. The largest absolute Gasteiger partial charge is 0.488 e. The molecular formula is C23H21N5O3. The van der Waals surface area contributed by atoms with Crippen LogP contribution in [0, 0.1) is 10.1 Å². The minimum Gasteiger partial charge on any atom is -0.488 e. The number of ether oxygens (including phenoxy) is 1. The van der Waals surface area contributed by atoms with E-state index in [4.69, 9.17) is 4.74 Å². The maximum Gasteiger partial charge on any atom is 0.269 e. The molecule has 8 nitrogen and oxygen atoms in total. The zero-order valence-corrected chi connectivity index (χ0v) is 16.9. The average molecular weight is 415 g/mol. The average Bonchev–Trinajstić information content (AvgIpc) is 3.16. The van der Waals surface area contributed by atoms with E-state index in [1.54, 1.807) is 18.3 Å². The lowest BCUT2D eigenvalue weighted by Gasteiger charge is -2.09. The van der Waals surface area contributed by atoms with E-state index in [0.29, 0.717) is 18.3 Å². The summed E-state index contributed by atoms with van der Waals surface area (Å²) >= 11 is 0. The number of nitrogens with one attached hydrogen (secondary N) is 1. The van der Waals surface area contributed by atoms with E-state index in [1.807, 2.05) is 48.5 Å². The molecule has 0 aliphatic heterocycles. The van der Waals surface area contributed by atoms with Crippen LogP contribution in [0.2, 0.25) is 0 Å². The van der Waals surface area contributed by atoms with E-state index >= 15 is 0 Å². The van der Waals surface area contributed by atoms with Crippen molar-refractivity contribution in [2.75, 3.05) is 5.43 Å². The van der Waals surface area contributed by atoms with Gasteiger partial charge in [0.25, 0.3) is 5.69 Å². The Labute approximate surface area is 179 Å². The van der Waals surface area contributed by atoms with E-state index in [-0.39, 0.29) is 5.69 Å². The number of benzene rings is 3. The van der Waals surface area contributed by atoms with Crippen LogP contribution in [0.1, 0.15) is 18.1 Å². The van der Waals surface area contributed by atoms with Crippen molar-refractivity contribution in [3.63, 3.8) is 0 Å². The molecule has 3 aromatic carbocycles. The molecule has 0 atom stereocenters. The molecule has 0 fully saturated rings. The van der Waals surface area contributed by atoms with Crippen molar-refractivity contribution >= 4 is 28.9 Å². The Morgan fingerprint density at radius 1 is 1.10 bits per heavy atom. The van der Waals surface area contributed by atoms with Crippen LogP contribution in [-0.4, -0.2) is 20.7 Å². The second-order valence-electron chi connectivity index (χ2n) is 6.79. The Balaban J connectivity index is 1.46. The highest BCUT2D eigenvalue weighted by Gasteiger charge is 2.08. The first kappa shape index (κ1) is 20.1. The van der Waals surface area contributed by atoms with Gasteiger partial charge in [-0.05, 0) is 48.9 Å². The summed E-state index contributed by atoms with van der Waals surface area (Å²) < 4.78 is 7.97. The van der Waals surface area contributed by atoms with Crippen molar-refractivity contribution in [3.05, 3.63) is 94.0 Å². The van der Waals surface area contributed by atoms with Gasteiger partial charge in [0.15, 0.2) is 0 Å². The number of aromatic nitrogens is 2. The summed E-state index contributed by atoms with van der Waals surface area (Å²) in [7, 11) is 0. The number of hydrazone groups is 1. The molecule has 0 aliphatic carbocycles. The molecule has 0 spiro atoms. The molecule has 8 heteroatoms. The van der Waals surface area contributed by atoms with Crippen molar-refractivity contribution in [2.45, 2.75) is 20.1 Å². The number of nitrogens with zero attached hydrogens (tertiary/aromatic N) is 4. The van der Waals surface area contributed by atoms with Gasteiger partial charge in [-0.15, -0.1) is 0 Å². The normalized spacial score (nSPS) is 11.1. The molecule has 4 rings (SSSR count). The van der Waals surface area contributed by atoms with Crippen LogP contribution in [0.3, 0.4) is 0 Å². The number of nitro groups is 1.